The predicted molar refractivity (Wildman–Crippen MR) is 104 cm³/mol. The average Bonchev–Trinajstić information content (AvgIpc) is 3.47. The zero-order valence-electron chi connectivity index (χ0n) is 15.6. The van der Waals surface area contributed by atoms with Crippen LogP contribution in [0.25, 0.3) is 0 Å². The molecular formula is C22H27N3O2. The molecule has 2 aromatic rings. The van der Waals surface area contributed by atoms with Gasteiger partial charge >= 0.3 is 6.03 Å². The molecule has 0 unspecified atom stereocenters. The van der Waals surface area contributed by atoms with Crippen LogP contribution in [0, 0.1) is 0 Å². The van der Waals surface area contributed by atoms with Gasteiger partial charge in [0.15, 0.2) is 0 Å². The van der Waals surface area contributed by atoms with E-state index in [9.17, 15) is 4.79 Å². The Morgan fingerprint density at radius 1 is 1.19 bits per heavy atom. The smallest absolute Gasteiger partial charge is 0.317 e. The largest absolute Gasteiger partial charge is 0.370 e. The number of amides is 2. The van der Waals surface area contributed by atoms with E-state index in [1.807, 2.05) is 29.2 Å². The van der Waals surface area contributed by atoms with E-state index >= 15 is 0 Å². The van der Waals surface area contributed by atoms with Crippen LogP contribution in [0.4, 0.5) is 4.79 Å². The van der Waals surface area contributed by atoms with Gasteiger partial charge in [-0.05, 0) is 49.8 Å². The molecule has 1 atom stereocenters. The van der Waals surface area contributed by atoms with Gasteiger partial charge in [0.1, 0.15) is 0 Å². The van der Waals surface area contributed by atoms with Gasteiger partial charge < -0.3 is 15.0 Å². The molecule has 0 radical (unpaired) electrons. The molecule has 1 saturated heterocycles. The highest BCUT2D eigenvalue weighted by Gasteiger charge is 2.45. The van der Waals surface area contributed by atoms with Crippen molar-refractivity contribution in [3.8, 4) is 0 Å². The number of rotatable bonds is 6. The lowest BCUT2D eigenvalue weighted by Crippen LogP contribution is -2.51. The maximum Gasteiger partial charge on any atom is 0.317 e. The fourth-order valence-corrected chi connectivity index (χ4v) is 3.73. The van der Waals surface area contributed by atoms with Crippen LogP contribution >= 0.6 is 0 Å². The second-order valence-electron chi connectivity index (χ2n) is 7.72. The van der Waals surface area contributed by atoms with Crippen molar-refractivity contribution in [1.29, 1.82) is 0 Å². The van der Waals surface area contributed by atoms with E-state index in [0.717, 1.165) is 44.3 Å². The van der Waals surface area contributed by atoms with E-state index in [0.29, 0.717) is 13.2 Å². The van der Waals surface area contributed by atoms with Crippen molar-refractivity contribution < 1.29 is 9.53 Å². The maximum absolute atomic E-state index is 12.8. The molecule has 0 bridgehead atoms. The standard InChI is InChI=1S/C22H27N3O2/c26-21(24-22(11-12-22)15-18-7-2-1-3-8-18)25-14-6-10-20(16-25)27-17-19-9-4-5-13-23-19/h1-5,7-9,13,20H,6,10-12,14-17H2,(H,24,26)/t20-/m1/s1. The lowest BCUT2D eigenvalue weighted by molar-refractivity contribution is -0.00200. The molecule has 5 nitrogen and oxygen atoms in total. The first-order chi connectivity index (χ1) is 13.2. The van der Waals surface area contributed by atoms with Crippen LogP contribution in [0.15, 0.2) is 54.7 Å². The summed E-state index contributed by atoms with van der Waals surface area (Å²) in [7, 11) is 0. The number of nitrogens with zero attached hydrogens (tertiary/aromatic N) is 2. The van der Waals surface area contributed by atoms with Crippen molar-refractivity contribution in [1.82, 2.24) is 15.2 Å². The quantitative estimate of drug-likeness (QED) is 0.852. The Balaban J connectivity index is 1.28. The van der Waals surface area contributed by atoms with Gasteiger partial charge in [-0.25, -0.2) is 4.79 Å². The number of piperidine rings is 1. The van der Waals surface area contributed by atoms with E-state index in [1.165, 1.54) is 5.56 Å². The van der Waals surface area contributed by atoms with Gasteiger partial charge in [0.2, 0.25) is 0 Å². The molecule has 0 spiro atoms. The minimum Gasteiger partial charge on any atom is -0.370 e. The summed E-state index contributed by atoms with van der Waals surface area (Å²) < 4.78 is 6.01. The number of hydrogen-bond donors (Lipinski definition) is 1. The van der Waals surface area contributed by atoms with Crippen LogP contribution in [0.5, 0.6) is 0 Å². The van der Waals surface area contributed by atoms with Gasteiger partial charge in [-0.15, -0.1) is 0 Å². The van der Waals surface area contributed by atoms with Gasteiger partial charge in [-0.3, -0.25) is 4.98 Å². The van der Waals surface area contributed by atoms with Crippen LogP contribution in [0.3, 0.4) is 0 Å². The van der Waals surface area contributed by atoms with E-state index < -0.39 is 0 Å². The number of hydrogen-bond acceptors (Lipinski definition) is 3. The number of urea groups is 1. The third-order valence-corrected chi connectivity index (χ3v) is 5.47. The monoisotopic (exact) mass is 365 g/mol. The van der Waals surface area contributed by atoms with Crippen molar-refractivity contribution in [2.45, 2.75) is 50.4 Å². The lowest BCUT2D eigenvalue weighted by Gasteiger charge is -2.34. The van der Waals surface area contributed by atoms with Crippen molar-refractivity contribution in [2.24, 2.45) is 0 Å². The number of benzene rings is 1. The number of ether oxygens (including phenoxy) is 1. The lowest BCUT2D eigenvalue weighted by atomic mass is 10.0. The van der Waals surface area contributed by atoms with E-state index in [4.69, 9.17) is 4.74 Å². The molecule has 1 aromatic heterocycles. The third-order valence-electron chi connectivity index (χ3n) is 5.47. The SMILES string of the molecule is O=C(NC1(Cc2ccccc2)CC1)N1CCC[C@@H](OCc2ccccn2)C1. The number of likely N-dealkylation sites (tertiary alicyclic amines) is 1. The molecule has 142 valence electrons. The molecule has 5 heteroatoms. The molecule has 1 aliphatic heterocycles. The minimum absolute atomic E-state index is 0.0505. The van der Waals surface area contributed by atoms with Crippen LogP contribution < -0.4 is 5.32 Å². The van der Waals surface area contributed by atoms with Crippen LogP contribution in [-0.4, -0.2) is 40.6 Å². The average molecular weight is 365 g/mol. The molecule has 27 heavy (non-hydrogen) atoms. The van der Waals surface area contributed by atoms with Crippen molar-refractivity contribution in [3.63, 3.8) is 0 Å². The van der Waals surface area contributed by atoms with Gasteiger partial charge in [0, 0.05) is 24.8 Å². The van der Waals surface area contributed by atoms with Gasteiger partial charge in [-0.2, -0.15) is 0 Å². The van der Waals surface area contributed by atoms with Crippen molar-refractivity contribution >= 4 is 6.03 Å². The molecule has 1 saturated carbocycles. The first kappa shape index (κ1) is 18.0. The topological polar surface area (TPSA) is 54.5 Å². The molecular weight excluding hydrogens is 338 g/mol. The molecule has 1 N–H and O–H groups in total. The number of carbonyl (C=O) groups is 1. The summed E-state index contributed by atoms with van der Waals surface area (Å²) in [4.78, 5) is 19.0. The molecule has 2 aliphatic rings. The molecule has 1 aliphatic carbocycles. The highest BCUT2D eigenvalue weighted by molar-refractivity contribution is 5.75. The summed E-state index contributed by atoms with van der Waals surface area (Å²) >= 11 is 0. The predicted octanol–water partition coefficient (Wildman–Crippen LogP) is 3.55. The first-order valence-electron chi connectivity index (χ1n) is 9.85. The summed E-state index contributed by atoms with van der Waals surface area (Å²) in [5.41, 5.74) is 2.16. The normalized spacial score (nSPS) is 20.9. The van der Waals surface area contributed by atoms with Crippen LogP contribution in [-0.2, 0) is 17.8 Å². The number of carbonyl (C=O) groups excluding carboxylic acids is 1. The highest BCUT2D eigenvalue weighted by Crippen LogP contribution is 2.38. The molecule has 1 aromatic carbocycles. The number of pyridine rings is 1. The molecule has 2 fully saturated rings. The first-order valence-corrected chi connectivity index (χ1v) is 9.85. The number of nitrogens with one attached hydrogen (secondary N) is 1. The zero-order chi connectivity index (χ0) is 18.5. The van der Waals surface area contributed by atoms with Crippen LogP contribution in [0.1, 0.15) is 36.9 Å². The van der Waals surface area contributed by atoms with Crippen molar-refractivity contribution in [2.75, 3.05) is 13.1 Å². The van der Waals surface area contributed by atoms with E-state index in [1.54, 1.807) is 6.20 Å². The second-order valence-corrected chi connectivity index (χ2v) is 7.72. The highest BCUT2D eigenvalue weighted by atomic mass is 16.5. The fraction of sp³-hybridized carbons (Fsp3) is 0.455. The Labute approximate surface area is 160 Å². The second kappa shape index (κ2) is 8.09. The molecule has 2 heterocycles. The van der Waals surface area contributed by atoms with Crippen molar-refractivity contribution in [3.05, 3.63) is 66.0 Å². The molecule has 2 amide bonds. The summed E-state index contributed by atoms with van der Waals surface area (Å²) in [6.45, 7) is 1.95. The van der Waals surface area contributed by atoms with Gasteiger partial charge in [0.05, 0.1) is 18.4 Å². The Morgan fingerprint density at radius 3 is 2.74 bits per heavy atom. The van der Waals surface area contributed by atoms with E-state index in [-0.39, 0.29) is 17.7 Å². The van der Waals surface area contributed by atoms with E-state index in [2.05, 4.69) is 34.6 Å². The zero-order valence-corrected chi connectivity index (χ0v) is 15.6. The Kier molecular flexibility index (Phi) is 5.39. The Morgan fingerprint density at radius 2 is 2.00 bits per heavy atom. The minimum atomic E-state index is -0.0554. The van der Waals surface area contributed by atoms with Crippen LogP contribution in [0.2, 0.25) is 0 Å². The Hall–Kier alpha value is -2.40. The summed E-state index contributed by atoms with van der Waals surface area (Å²) in [6, 6.07) is 16.3. The summed E-state index contributed by atoms with van der Waals surface area (Å²) in [6.07, 6.45) is 6.85. The summed E-state index contributed by atoms with van der Waals surface area (Å²) in [5.74, 6) is 0. The molecule has 4 rings (SSSR count). The van der Waals surface area contributed by atoms with Gasteiger partial charge in [0.25, 0.3) is 0 Å². The number of aromatic nitrogens is 1. The fourth-order valence-electron chi connectivity index (χ4n) is 3.73. The maximum atomic E-state index is 12.8. The van der Waals surface area contributed by atoms with Gasteiger partial charge in [-0.1, -0.05) is 36.4 Å². The Bertz CT molecular complexity index is 747. The summed E-state index contributed by atoms with van der Waals surface area (Å²) in [5, 5.41) is 3.30. The third kappa shape index (κ3) is 4.86.